The number of nitrogens with two attached hydrogens (primary N) is 1. The van der Waals surface area contributed by atoms with Crippen LogP contribution in [0.1, 0.15) is 11.1 Å². The molecule has 2 N–H and O–H groups in total. The highest BCUT2D eigenvalue weighted by Gasteiger charge is 2.02. The standard InChI is InChI=1S/C13H16N4/c1-17(13-9-15-6-7-16-13)10-12-4-2-11(8-14)3-5-12/h2-7,9H,8,10,14H2,1H3. The summed E-state index contributed by atoms with van der Waals surface area (Å²) >= 11 is 0. The molecule has 2 rings (SSSR count). The summed E-state index contributed by atoms with van der Waals surface area (Å²) in [4.78, 5) is 10.4. The van der Waals surface area contributed by atoms with Crippen LogP contribution < -0.4 is 10.6 Å². The Labute approximate surface area is 101 Å². The van der Waals surface area contributed by atoms with Gasteiger partial charge in [-0.3, -0.25) is 4.98 Å². The van der Waals surface area contributed by atoms with E-state index in [0.717, 1.165) is 17.9 Å². The fourth-order valence-electron chi connectivity index (χ4n) is 1.62. The molecule has 1 heterocycles. The van der Waals surface area contributed by atoms with Crippen LogP contribution in [0.2, 0.25) is 0 Å². The Morgan fingerprint density at radius 3 is 2.41 bits per heavy atom. The Kier molecular flexibility index (Phi) is 3.67. The second kappa shape index (κ2) is 5.41. The Morgan fingerprint density at radius 1 is 1.12 bits per heavy atom. The molecule has 0 unspecified atom stereocenters. The Morgan fingerprint density at radius 2 is 1.82 bits per heavy atom. The zero-order chi connectivity index (χ0) is 12.1. The first-order chi connectivity index (χ1) is 8.29. The quantitative estimate of drug-likeness (QED) is 0.863. The Hall–Kier alpha value is -1.94. The van der Waals surface area contributed by atoms with Crippen molar-refractivity contribution in [1.82, 2.24) is 9.97 Å². The second-order valence-electron chi connectivity index (χ2n) is 3.94. The van der Waals surface area contributed by atoms with Crippen molar-refractivity contribution in [1.29, 1.82) is 0 Å². The van der Waals surface area contributed by atoms with Gasteiger partial charge in [0.1, 0.15) is 5.82 Å². The third kappa shape index (κ3) is 3.01. The normalized spacial score (nSPS) is 10.2. The number of benzene rings is 1. The topological polar surface area (TPSA) is 55.0 Å². The van der Waals surface area contributed by atoms with Gasteiger partial charge in [-0.25, -0.2) is 4.98 Å². The zero-order valence-electron chi connectivity index (χ0n) is 9.87. The first-order valence-electron chi connectivity index (χ1n) is 5.54. The average Bonchev–Trinajstić information content (AvgIpc) is 2.40. The van der Waals surface area contributed by atoms with Crippen molar-refractivity contribution in [2.24, 2.45) is 5.73 Å². The van der Waals surface area contributed by atoms with Gasteiger partial charge in [0.15, 0.2) is 0 Å². The summed E-state index contributed by atoms with van der Waals surface area (Å²) in [5.41, 5.74) is 7.94. The molecule has 88 valence electrons. The van der Waals surface area contributed by atoms with Gasteiger partial charge < -0.3 is 10.6 Å². The number of anilines is 1. The third-order valence-electron chi connectivity index (χ3n) is 2.62. The summed E-state index contributed by atoms with van der Waals surface area (Å²) in [5.74, 6) is 0.871. The van der Waals surface area contributed by atoms with Gasteiger partial charge in [0, 0.05) is 32.5 Å². The highest BCUT2D eigenvalue weighted by Crippen LogP contribution is 2.11. The largest absolute Gasteiger partial charge is 0.354 e. The predicted octanol–water partition coefficient (Wildman–Crippen LogP) is 1.57. The van der Waals surface area contributed by atoms with Crippen LogP contribution in [0, 0.1) is 0 Å². The molecule has 0 aliphatic heterocycles. The van der Waals surface area contributed by atoms with Gasteiger partial charge in [-0.05, 0) is 11.1 Å². The SMILES string of the molecule is CN(Cc1ccc(CN)cc1)c1cnccn1. The number of aromatic nitrogens is 2. The number of hydrogen-bond acceptors (Lipinski definition) is 4. The molecule has 0 aliphatic rings. The van der Waals surface area contributed by atoms with Gasteiger partial charge in [-0.2, -0.15) is 0 Å². The molecule has 0 aliphatic carbocycles. The van der Waals surface area contributed by atoms with E-state index in [1.54, 1.807) is 18.6 Å². The van der Waals surface area contributed by atoms with Gasteiger partial charge >= 0.3 is 0 Å². The molecule has 1 aromatic carbocycles. The fourth-order valence-corrected chi connectivity index (χ4v) is 1.62. The predicted molar refractivity (Wildman–Crippen MR) is 68.5 cm³/mol. The molecule has 0 spiro atoms. The van der Waals surface area contributed by atoms with Crippen LogP contribution in [-0.2, 0) is 13.1 Å². The molecule has 0 radical (unpaired) electrons. The van der Waals surface area contributed by atoms with Crippen molar-refractivity contribution in [3.05, 3.63) is 54.0 Å². The van der Waals surface area contributed by atoms with E-state index in [1.165, 1.54) is 5.56 Å². The molecule has 0 atom stereocenters. The maximum absolute atomic E-state index is 5.56. The van der Waals surface area contributed by atoms with Crippen molar-refractivity contribution in [3.63, 3.8) is 0 Å². The molecular weight excluding hydrogens is 212 g/mol. The number of rotatable bonds is 4. The minimum atomic E-state index is 0.584. The molecule has 4 heteroatoms. The summed E-state index contributed by atoms with van der Waals surface area (Å²) in [5, 5.41) is 0. The zero-order valence-corrected chi connectivity index (χ0v) is 9.87. The summed E-state index contributed by atoms with van der Waals surface area (Å²) in [6.07, 6.45) is 5.13. The van der Waals surface area contributed by atoms with E-state index >= 15 is 0 Å². The summed E-state index contributed by atoms with van der Waals surface area (Å²) in [6, 6.07) is 8.30. The third-order valence-corrected chi connectivity index (χ3v) is 2.62. The van der Waals surface area contributed by atoms with Gasteiger partial charge in [0.25, 0.3) is 0 Å². The van der Waals surface area contributed by atoms with Crippen molar-refractivity contribution >= 4 is 5.82 Å². The van der Waals surface area contributed by atoms with E-state index in [0.29, 0.717) is 6.54 Å². The molecule has 2 aromatic rings. The lowest BCUT2D eigenvalue weighted by atomic mass is 10.1. The van der Waals surface area contributed by atoms with Crippen LogP contribution in [0.3, 0.4) is 0 Å². The van der Waals surface area contributed by atoms with Crippen LogP contribution in [0.5, 0.6) is 0 Å². The van der Waals surface area contributed by atoms with E-state index in [1.807, 2.05) is 7.05 Å². The van der Waals surface area contributed by atoms with Crippen molar-refractivity contribution in [3.8, 4) is 0 Å². The Balaban J connectivity index is 2.05. The van der Waals surface area contributed by atoms with Crippen LogP contribution in [0.4, 0.5) is 5.82 Å². The minimum Gasteiger partial charge on any atom is -0.354 e. The molecule has 0 amide bonds. The lowest BCUT2D eigenvalue weighted by Gasteiger charge is -2.17. The summed E-state index contributed by atoms with van der Waals surface area (Å²) in [6.45, 7) is 1.39. The molecule has 0 bridgehead atoms. The van der Waals surface area contributed by atoms with E-state index in [-0.39, 0.29) is 0 Å². The van der Waals surface area contributed by atoms with Crippen molar-refractivity contribution in [2.45, 2.75) is 13.1 Å². The molecule has 17 heavy (non-hydrogen) atoms. The van der Waals surface area contributed by atoms with Gasteiger partial charge in [0.05, 0.1) is 6.20 Å². The van der Waals surface area contributed by atoms with E-state index in [9.17, 15) is 0 Å². The Bertz CT molecular complexity index is 453. The first kappa shape index (κ1) is 11.5. The van der Waals surface area contributed by atoms with E-state index in [2.05, 4.69) is 39.1 Å². The number of hydrogen-bond donors (Lipinski definition) is 1. The van der Waals surface area contributed by atoms with E-state index in [4.69, 9.17) is 5.73 Å². The first-order valence-corrected chi connectivity index (χ1v) is 5.54. The second-order valence-corrected chi connectivity index (χ2v) is 3.94. The van der Waals surface area contributed by atoms with Gasteiger partial charge in [-0.1, -0.05) is 24.3 Å². The molecule has 1 aromatic heterocycles. The number of nitrogens with zero attached hydrogens (tertiary/aromatic N) is 3. The minimum absolute atomic E-state index is 0.584. The molecule has 0 fully saturated rings. The lowest BCUT2D eigenvalue weighted by molar-refractivity contribution is 0.888. The maximum atomic E-state index is 5.56. The molecule has 4 nitrogen and oxygen atoms in total. The molecule has 0 saturated carbocycles. The van der Waals surface area contributed by atoms with Crippen LogP contribution in [0.25, 0.3) is 0 Å². The molecular formula is C13H16N4. The monoisotopic (exact) mass is 228 g/mol. The smallest absolute Gasteiger partial charge is 0.147 e. The van der Waals surface area contributed by atoms with Gasteiger partial charge in [0.2, 0.25) is 0 Å². The fraction of sp³-hybridized carbons (Fsp3) is 0.231. The van der Waals surface area contributed by atoms with Crippen molar-refractivity contribution < 1.29 is 0 Å². The summed E-state index contributed by atoms with van der Waals surface area (Å²) < 4.78 is 0. The highest BCUT2D eigenvalue weighted by molar-refractivity contribution is 5.36. The molecule has 0 saturated heterocycles. The lowest BCUT2D eigenvalue weighted by Crippen LogP contribution is -2.17. The van der Waals surface area contributed by atoms with E-state index < -0.39 is 0 Å². The van der Waals surface area contributed by atoms with Crippen LogP contribution >= 0.6 is 0 Å². The average molecular weight is 228 g/mol. The highest BCUT2D eigenvalue weighted by atomic mass is 15.2. The maximum Gasteiger partial charge on any atom is 0.147 e. The van der Waals surface area contributed by atoms with Crippen LogP contribution in [-0.4, -0.2) is 17.0 Å². The van der Waals surface area contributed by atoms with Gasteiger partial charge in [-0.15, -0.1) is 0 Å². The van der Waals surface area contributed by atoms with Crippen molar-refractivity contribution in [2.75, 3.05) is 11.9 Å². The van der Waals surface area contributed by atoms with Crippen LogP contribution in [0.15, 0.2) is 42.9 Å². The summed E-state index contributed by atoms with van der Waals surface area (Å²) in [7, 11) is 2.00.